The standard InChI is InChI=1S/C27H33N3O3/c1-3-16-30-26(32)29(17-8-12-22-11-7-13-24(20-22)33-2)25(31)27(30)14-18-28(19-15-27)21-23-9-5-4-6-10-23/h4-13,20H,3,14-19,21H2,1-2H3. The SMILES string of the molecule is CCCN1C(=O)N(CC=Cc2cccc(OC)c2)C(=O)C12CCN(Cc1ccccc1)CC2. The lowest BCUT2D eigenvalue weighted by atomic mass is 9.85. The normalized spacial score (nSPS) is 18.6. The fraction of sp³-hybridized carbons (Fsp3) is 0.407. The molecule has 2 fully saturated rings. The van der Waals surface area contributed by atoms with E-state index in [4.69, 9.17) is 4.74 Å². The average Bonchev–Trinajstić information content (AvgIpc) is 3.03. The van der Waals surface area contributed by atoms with Crippen LogP contribution in [-0.2, 0) is 11.3 Å². The molecule has 0 N–H and O–H groups in total. The van der Waals surface area contributed by atoms with Crippen molar-refractivity contribution in [3.05, 3.63) is 71.8 Å². The first-order valence-electron chi connectivity index (χ1n) is 11.8. The van der Waals surface area contributed by atoms with E-state index in [1.807, 2.05) is 47.4 Å². The van der Waals surface area contributed by atoms with Gasteiger partial charge in [-0.05, 0) is 42.5 Å². The number of carbonyl (C=O) groups excluding carboxylic acids is 2. The number of hydrogen-bond acceptors (Lipinski definition) is 4. The Kier molecular flexibility index (Phi) is 7.14. The molecule has 0 unspecified atom stereocenters. The van der Waals surface area contributed by atoms with E-state index in [2.05, 4.69) is 36.1 Å². The number of likely N-dealkylation sites (tertiary alicyclic amines) is 1. The minimum absolute atomic E-state index is 0.0457. The van der Waals surface area contributed by atoms with Crippen LogP contribution in [0, 0.1) is 0 Å². The summed E-state index contributed by atoms with van der Waals surface area (Å²) in [6.07, 6.45) is 6.02. The molecule has 6 nitrogen and oxygen atoms in total. The van der Waals surface area contributed by atoms with Crippen LogP contribution in [0.15, 0.2) is 60.7 Å². The second-order valence-corrected chi connectivity index (χ2v) is 8.82. The fourth-order valence-corrected chi connectivity index (χ4v) is 4.92. The molecular formula is C27H33N3O3. The number of ether oxygens (including phenoxy) is 1. The smallest absolute Gasteiger partial charge is 0.327 e. The van der Waals surface area contributed by atoms with Crippen molar-refractivity contribution in [3.8, 4) is 5.75 Å². The summed E-state index contributed by atoms with van der Waals surface area (Å²) in [5.74, 6) is 0.733. The van der Waals surface area contributed by atoms with Crippen LogP contribution in [0.3, 0.4) is 0 Å². The minimum atomic E-state index is -0.704. The molecular weight excluding hydrogens is 414 g/mol. The zero-order valence-corrected chi connectivity index (χ0v) is 19.6. The van der Waals surface area contributed by atoms with Crippen molar-refractivity contribution >= 4 is 18.0 Å². The van der Waals surface area contributed by atoms with Crippen LogP contribution in [0.25, 0.3) is 6.08 Å². The topological polar surface area (TPSA) is 53.1 Å². The Balaban J connectivity index is 1.45. The molecule has 2 heterocycles. The van der Waals surface area contributed by atoms with Gasteiger partial charge in [-0.2, -0.15) is 0 Å². The molecule has 0 radical (unpaired) electrons. The van der Waals surface area contributed by atoms with E-state index in [9.17, 15) is 9.59 Å². The van der Waals surface area contributed by atoms with Crippen LogP contribution in [0.1, 0.15) is 37.3 Å². The molecule has 4 rings (SSSR count). The molecule has 174 valence electrons. The van der Waals surface area contributed by atoms with Crippen molar-refractivity contribution in [1.82, 2.24) is 14.7 Å². The lowest BCUT2D eigenvalue weighted by Crippen LogP contribution is -2.56. The fourth-order valence-electron chi connectivity index (χ4n) is 4.92. The molecule has 2 aliphatic heterocycles. The predicted molar refractivity (Wildman–Crippen MR) is 130 cm³/mol. The summed E-state index contributed by atoms with van der Waals surface area (Å²) < 4.78 is 5.27. The summed E-state index contributed by atoms with van der Waals surface area (Å²) in [5, 5.41) is 0. The molecule has 2 aromatic carbocycles. The van der Waals surface area contributed by atoms with Gasteiger partial charge in [-0.15, -0.1) is 0 Å². The van der Waals surface area contributed by atoms with Crippen molar-refractivity contribution < 1.29 is 14.3 Å². The summed E-state index contributed by atoms with van der Waals surface area (Å²) >= 11 is 0. The molecule has 0 aromatic heterocycles. The van der Waals surface area contributed by atoms with E-state index in [1.54, 1.807) is 7.11 Å². The monoisotopic (exact) mass is 447 g/mol. The lowest BCUT2D eigenvalue weighted by molar-refractivity contribution is -0.135. The Morgan fingerprint density at radius 3 is 2.48 bits per heavy atom. The highest BCUT2D eigenvalue weighted by Crippen LogP contribution is 2.37. The zero-order chi connectivity index (χ0) is 23.3. The van der Waals surface area contributed by atoms with Gasteiger partial charge < -0.3 is 9.64 Å². The molecule has 2 saturated heterocycles. The number of carbonyl (C=O) groups is 2. The van der Waals surface area contributed by atoms with E-state index in [-0.39, 0.29) is 18.5 Å². The maximum atomic E-state index is 13.6. The Bertz CT molecular complexity index is 997. The third-order valence-electron chi connectivity index (χ3n) is 6.69. The van der Waals surface area contributed by atoms with E-state index in [1.165, 1.54) is 10.5 Å². The van der Waals surface area contributed by atoms with Gasteiger partial charge in [0.1, 0.15) is 11.3 Å². The van der Waals surface area contributed by atoms with Crippen LogP contribution in [-0.4, -0.2) is 65.5 Å². The number of rotatable bonds is 8. The van der Waals surface area contributed by atoms with Gasteiger partial charge in [0.05, 0.1) is 7.11 Å². The second kappa shape index (κ2) is 10.2. The number of piperidine rings is 1. The van der Waals surface area contributed by atoms with E-state index >= 15 is 0 Å². The lowest BCUT2D eigenvalue weighted by Gasteiger charge is -2.42. The Morgan fingerprint density at radius 1 is 1.03 bits per heavy atom. The molecule has 33 heavy (non-hydrogen) atoms. The van der Waals surface area contributed by atoms with Crippen LogP contribution >= 0.6 is 0 Å². The third kappa shape index (κ3) is 4.81. The number of hydrogen-bond donors (Lipinski definition) is 0. The first-order valence-corrected chi connectivity index (χ1v) is 11.8. The maximum absolute atomic E-state index is 13.6. The van der Waals surface area contributed by atoms with Crippen molar-refractivity contribution in [2.45, 2.75) is 38.3 Å². The van der Waals surface area contributed by atoms with Gasteiger partial charge in [-0.3, -0.25) is 14.6 Å². The van der Waals surface area contributed by atoms with E-state index in [0.717, 1.165) is 37.4 Å². The molecule has 0 atom stereocenters. The van der Waals surface area contributed by atoms with Gasteiger partial charge in [0.2, 0.25) is 0 Å². The van der Waals surface area contributed by atoms with Gasteiger partial charge in [0.15, 0.2) is 0 Å². The highest BCUT2D eigenvalue weighted by molar-refractivity contribution is 6.07. The van der Waals surface area contributed by atoms with Crippen LogP contribution < -0.4 is 4.74 Å². The number of imide groups is 1. The van der Waals surface area contributed by atoms with Crippen molar-refractivity contribution in [2.75, 3.05) is 33.3 Å². The molecule has 0 aliphatic carbocycles. The van der Waals surface area contributed by atoms with Crippen molar-refractivity contribution in [1.29, 1.82) is 0 Å². The summed E-state index contributed by atoms with van der Waals surface area (Å²) in [6, 6.07) is 18.0. The van der Waals surface area contributed by atoms with Gasteiger partial charge in [-0.25, -0.2) is 4.79 Å². The maximum Gasteiger partial charge on any atom is 0.327 e. The van der Waals surface area contributed by atoms with Gasteiger partial charge in [0.25, 0.3) is 5.91 Å². The number of nitrogens with zero attached hydrogens (tertiary/aromatic N) is 3. The molecule has 0 saturated carbocycles. The van der Waals surface area contributed by atoms with Gasteiger partial charge in [0, 0.05) is 32.7 Å². The average molecular weight is 448 g/mol. The number of amides is 3. The predicted octanol–water partition coefficient (Wildman–Crippen LogP) is 4.42. The Hall–Kier alpha value is -3.12. The quantitative estimate of drug-likeness (QED) is 0.562. The summed E-state index contributed by atoms with van der Waals surface area (Å²) in [4.78, 5) is 32.5. The highest BCUT2D eigenvalue weighted by atomic mass is 16.5. The molecule has 0 bridgehead atoms. The van der Waals surface area contributed by atoms with E-state index in [0.29, 0.717) is 19.4 Å². The Labute approximate surface area is 196 Å². The summed E-state index contributed by atoms with van der Waals surface area (Å²) in [7, 11) is 1.64. The Morgan fingerprint density at radius 2 is 1.79 bits per heavy atom. The van der Waals surface area contributed by atoms with Crippen LogP contribution in [0.5, 0.6) is 5.75 Å². The largest absolute Gasteiger partial charge is 0.497 e. The molecule has 6 heteroatoms. The van der Waals surface area contributed by atoms with Crippen LogP contribution in [0.2, 0.25) is 0 Å². The molecule has 1 spiro atoms. The summed E-state index contributed by atoms with van der Waals surface area (Å²) in [6.45, 7) is 5.44. The van der Waals surface area contributed by atoms with Crippen LogP contribution in [0.4, 0.5) is 4.79 Å². The molecule has 2 aromatic rings. The van der Waals surface area contributed by atoms with E-state index < -0.39 is 5.54 Å². The van der Waals surface area contributed by atoms with Crippen molar-refractivity contribution in [2.24, 2.45) is 0 Å². The van der Waals surface area contributed by atoms with Crippen molar-refractivity contribution in [3.63, 3.8) is 0 Å². The first kappa shape index (κ1) is 23.1. The highest BCUT2D eigenvalue weighted by Gasteiger charge is 2.57. The number of methoxy groups -OCH3 is 1. The van der Waals surface area contributed by atoms with Gasteiger partial charge in [-0.1, -0.05) is 61.5 Å². The second-order valence-electron chi connectivity index (χ2n) is 8.82. The zero-order valence-electron chi connectivity index (χ0n) is 19.6. The van der Waals surface area contributed by atoms with Gasteiger partial charge >= 0.3 is 6.03 Å². The first-order chi connectivity index (χ1) is 16.1. The minimum Gasteiger partial charge on any atom is -0.497 e. The molecule has 3 amide bonds. The third-order valence-corrected chi connectivity index (χ3v) is 6.69. The number of urea groups is 1. The summed E-state index contributed by atoms with van der Waals surface area (Å²) in [5.41, 5.74) is 1.55. The number of benzene rings is 2. The molecule has 2 aliphatic rings.